The molecule has 0 bridgehead atoms. The maximum Gasteiger partial charge on any atom is 0.294 e. The van der Waals surface area contributed by atoms with Crippen molar-refractivity contribution >= 4 is 10.1 Å². The molecule has 0 unspecified atom stereocenters. The molecule has 2 heterocycles. The molecule has 0 amide bonds. The Hall–Kier alpha value is -0.990. The van der Waals surface area contributed by atoms with Gasteiger partial charge in [0, 0.05) is 24.3 Å². The zero-order valence-electron chi connectivity index (χ0n) is 19.5. The second kappa shape index (κ2) is 9.87. The lowest BCUT2D eigenvalue weighted by Gasteiger charge is -2.53. The highest BCUT2D eigenvalue weighted by atomic mass is 32.2. The Balaban J connectivity index is 0.000000210. The minimum Gasteiger partial charge on any atom is -0.349 e. The van der Waals surface area contributed by atoms with Crippen LogP contribution in [0.25, 0.3) is 0 Å². The van der Waals surface area contributed by atoms with Crippen LogP contribution in [-0.2, 0) is 19.6 Å². The minimum atomic E-state index is -4.02. The van der Waals surface area contributed by atoms with E-state index >= 15 is 0 Å². The number of fused-ring (bicyclic) bond motifs is 1. The number of hydrogen-bond donors (Lipinski definition) is 1. The molecule has 0 radical (unpaired) electrons. The van der Waals surface area contributed by atoms with Crippen LogP contribution in [0.2, 0.25) is 0 Å². The van der Waals surface area contributed by atoms with E-state index in [1.807, 2.05) is 6.92 Å². The van der Waals surface area contributed by atoms with Crippen molar-refractivity contribution in [1.82, 2.24) is 4.90 Å². The van der Waals surface area contributed by atoms with Crippen LogP contribution in [0, 0.1) is 18.3 Å². The molecule has 2 saturated heterocycles. The monoisotopic (exact) mass is 453 g/mol. The highest BCUT2D eigenvalue weighted by Crippen LogP contribution is 2.45. The molecule has 2 aliphatic heterocycles. The van der Waals surface area contributed by atoms with Gasteiger partial charge in [-0.25, -0.2) is 0 Å². The third-order valence-corrected chi connectivity index (χ3v) is 7.58. The number of likely N-dealkylation sites (tertiary alicyclic amines) is 1. The molecule has 1 spiro atoms. The molecule has 4 rings (SSSR count). The first-order valence-corrected chi connectivity index (χ1v) is 13.0. The van der Waals surface area contributed by atoms with Gasteiger partial charge in [0.2, 0.25) is 0 Å². The average molecular weight is 454 g/mol. The second-order valence-electron chi connectivity index (χ2n) is 10.2. The standard InChI is InChI=1S/C17H31NO2.C7H8O3S/c1-4-9-18-10-5-6-14-11-17(8-7-15(14)18)19-12-16(2,3)13-20-17;1-6-2-4-7(5-3-6)11(8,9)10/h14-15H,4-13H2,1-3H3;2-5H,1H3,(H,8,9,10)/t14-,15+;/m0./s1. The number of piperidine rings is 1. The Morgan fingerprint density at radius 3 is 2.35 bits per heavy atom. The smallest absolute Gasteiger partial charge is 0.294 e. The van der Waals surface area contributed by atoms with Gasteiger partial charge in [0.15, 0.2) is 5.79 Å². The predicted molar refractivity (Wildman–Crippen MR) is 122 cm³/mol. The fourth-order valence-corrected chi connectivity index (χ4v) is 5.49. The van der Waals surface area contributed by atoms with E-state index in [1.54, 1.807) is 12.1 Å². The second-order valence-corrected chi connectivity index (χ2v) is 11.6. The summed E-state index contributed by atoms with van der Waals surface area (Å²) in [6.07, 6.45) is 7.45. The van der Waals surface area contributed by atoms with Crippen molar-refractivity contribution in [1.29, 1.82) is 0 Å². The first-order chi connectivity index (χ1) is 14.5. The van der Waals surface area contributed by atoms with Crippen LogP contribution in [0.1, 0.15) is 64.9 Å². The summed E-state index contributed by atoms with van der Waals surface area (Å²) in [5.41, 5.74) is 1.14. The Labute approximate surface area is 188 Å². The summed E-state index contributed by atoms with van der Waals surface area (Å²) in [6.45, 7) is 12.9. The van der Waals surface area contributed by atoms with Crippen LogP contribution < -0.4 is 0 Å². The Morgan fingerprint density at radius 1 is 1.13 bits per heavy atom. The Bertz CT molecular complexity index is 809. The van der Waals surface area contributed by atoms with Gasteiger partial charge in [-0.2, -0.15) is 8.42 Å². The summed E-state index contributed by atoms with van der Waals surface area (Å²) in [4.78, 5) is 2.66. The fourth-order valence-electron chi connectivity index (χ4n) is 5.01. The van der Waals surface area contributed by atoms with Gasteiger partial charge in [-0.1, -0.05) is 38.5 Å². The summed E-state index contributed by atoms with van der Waals surface area (Å²) in [5.74, 6) is 0.539. The van der Waals surface area contributed by atoms with Crippen molar-refractivity contribution in [2.45, 2.75) is 82.9 Å². The van der Waals surface area contributed by atoms with Gasteiger partial charge in [0.05, 0.1) is 18.1 Å². The van der Waals surface area contributed by atoms with Crippen molar-refractivity contribution in [2.75, 3.05) is 26.3 Å². The fraction of sp³-hybridized carbons (Fsp3) is 0.750. The zero-order valence-corrected chi connectivity index (χ0v) is 20.3. The Kier molecular flexibility index (Phi) is 7.85. The molecule has 3 aliphatic rings. The zero-order chi connectivity index (χ0) is 22.7. The molecule has 1 aromatic carbocycles. The normalized spacial score (nSPS) is 27.8. The van der Waals surface area contributed by atoms with Crippen molar-refractivity contribution in [3.05, 3.63) is 29.8 Å². The minimum absolute atomic E-state index is 0.0666. The van der Waals surface area contributed by atoms with E-state index in [0.717, 1.165) is 43.6 Å². The quantitative estimate of drug-likeness (QED) is 0.670. The SMILES string of the molecule is CCCN1CCC[C@H]2CC3(CC[C@H]21)OCC(C)(C)CO3.Cc1ccc(S(=O)(=O)O)cc1. The van der Waals surface area contributed by atoms with Gasteiger partial charge in [0.1, 0.15) is 0 Å². The molecule has 1 aromatic rings. The predicted octanol–water partition coefficient (Wildman–Crippen LogP) is 4.67. The number of nitrogens with zero attached hydrogens (tertiary/aromatic N) is 1. The van der Waals surface area contributed by atoms with E-state index in [0.29, 0.717) is 0 Å². The lowest BCUT2D eigenvalue weighted by molar-refractivity contribution is -0.320. The molecule has 1 saturated carbocycles. The number of aryl methyl sites for hydroxylation is 1. The van der Waals surface area contributed by atoms with E-state index in [-0.39, 0.29) is 16.1 Å². The van der Waals surface area contributed by atoms with Crippen LogP contribution in [0.5, 0.6) is 0 Å². The van der Waals surface area contributed by atoms with Gasteiger partial charge < -0.3 is 14.4 Å². The molecular weight excluding hydrogens is 414 g/mol. The number of ether oxygens (including phenoxy) is 2. The van der Waals surface area contributed by atoms with Crippen LogP contribution in [0.4, 0.5) is 0 Å². The molecule has 176 valence electrons. The van der Waals surface area contributed by atoms with Gasteiger partial charge in [-0.05, 0) is 63.7 Å². The highest BCUT2D eigenvalue weighted by molar-refractivity contribution is 7.85. The van der Waals surface area contributed by atoms with Crippen LogP contribution in [0.3, 0.4) is 0 Å². The number of rotatable bonds is 3. The summed E-state index contributed by atoms with van der Waals surface area (Å²) < 4.78 is 42.0. The molecule has 0 aromatic heterocycles. The summed E-state index contributed by atoms with van der Waals surface area (Å²) in [7, 11) is -4.02. The lowest BCUT2D eigenvalue weighted by atomic mass is 9.74. The molecule has 7 heteroatoms. The summed E-state index contributed by atoms with van der Waals surface area (Å²) in [5, 5.41) is 0. The first-order valence-electron chi connectivity index (χ1n) is 11.6. The number of benzene rings is 1. The average Bonchev–Trinajstić information content (AvgIpc) is 2.71. The highest BCUT2D eigenvalue weighted by Gasteiger charge is 2.48. The number of hydrogen-bond acceptors (Lipinski definition) is 5. The van der Waals surface area contributed by atoms with Crippen LogP contribution in [0.15, 0.2) is 29.2 Å². The third kappa shape index (κ3) is 6.51. The van der Waals surface area contributed by atoms with Gasteiger partial charge in [-0.3, -0.25) is 4.55 Å². The third-order valence-electron chi connectivity index (χ3n) is 6.71. The molecule has 1 aliphatic carbocycles. The van der Waals surface area contributed by atoms with Crippen molar-refractivity contribution in [2.24, 2.45) is 11.3 Å². The summed E-state index contributed by atoms with van der Waals surface area (Å²) >= 11 is 0. The van der Waals surface area contributed by atoms with Crippen molar-refractivity contribution in [3.63, 3.8) is 0 Å². The van der Waals surface area contributed by atoms with Crippen molar-refractivity contribution < 1.29 is 22.4 Å². The molecule has 3 fully saturated rings. The lowest BCUT2D eigenvalue weighted by Crippen LogP contribution is -2.56. The maximum absolute atomic E-state index is 10.5. The van der Waals surface area contributed by atoms with E-state index in [2.05, 4.69) is 25.7 Å². The molecule has 6 nitrogen and oxygen atoms in total. The molecule has 2 atom stereocenters. The van der Waals surface area contributed by atoms with Gasteiger partial charge >= 0.3 is 0 Å². The van der Waals surface area contributed by atoms with E-state index in [4.69, 9.17) is 14.0 Å². The van der Waals surface area contributed by atoms with Crippen molar-refractivity contribution in [3.8, 4) is 0 Å². The van der Waals surface area contributed by atoms with Crippen LogP contribution in [-0.4, -0.2) is 56.0 Å². The molecule has 31 heavy (non-hydrogen) atoms. The topological polar surface area (TPSA) is 76.1 Å². The van der Waals surface area contributed by atoms with E-state index in [1.165, 1.54) is 50.9 Å². The largest absolute Gasteiger partial charge is 0.349 e. The summed E-state index contributed by atoms with van der Waals surface area (Å²) in [6, 6.07) is 6.78. The maximum atomic E-state index is 10.5. The molecular formula is C24H39NO5S. The van der Waals surface area contributed by atoms with Gasteiger partial charge in [-0.15, -0.1) is 0 Å². The first kappa shape index (κ1) is 24.6. The van der Waals surface area contributed by atoms with E-state index in [9.17, 15) is 8.42 Å². The van der Waals surface area contributed by atoms with E-state index < -0.39 is 10.1 Å². The molecule has 1 N–H and O–H groups in total. The van der Waals surface area contributed by atoms with Gasteiger partial charge in [0.25, 0.3) is 10.1 Å². The van der Waals surface area contributed by atoms with Crippen LogP contribution >= 0.6 is 0 Å². The Morgan fingerprint density at radius 2 is 1.77 bits per heavy atom.